The molecule has 0 spiro atoms. The van der Waals surface area contributed by atoms with Gasteiger partial charge in [-0.2, -0.15) is 0 Å². The Balaban J connectivity index is 2.85. The maximum atomic E-state index is 2.27. The van der Waals surface area contributed by atoms with Gasteiger partial charge in [-0.05, 0) is 25.8 Å². The van der Waals surface area contributed by atoms with Crippen molar-refractivity contribution in [3.63, 3.8) is 0 Å². The molecule has 0 heterocycles. The highest BCUT2D eigenvalue weighted by molar-refractivity contribution is 5.27. The number of rotatable bonds is 3. The summed E-state index contributed by atoms with van der Waals surface area (Å²) in [5.74, 6) is 0.589. The molecule has 0 bridgehead atoms. The van der Waals surface area contributed by atoms with E-state index in [1.54, 1.807) is 0 Å². The number of hydrogen-bond acceptors (Lipinski definition) is 0. The third-order valence-corrected chi connectivity index (χ3v) is 2.37. The van der Waals surface area contributed by atoms with Crippen LogP contribution in [0, 0.1) is 6.92 Å². The molecule has 1 unspecified atom stereocenters. The van der Waals surface area contributed by atoms with Gasteiger partial charge in [-0.3, -0.25) is 0 Å². The number of benzene rings is 1. The molecule has 0 radical (unpaired) electrons. The normalized spacial score (nSPS) is 13.5. The van der Waals surface area contributed by atoms with Crippen LogP contribution < -0.4 is 0 Å². The quantitative estimate of drug-likeness (QED) is 0.606. The molecule has 0 heteroatoms. The van der Waals surface area contributed by atoms with E-state index < -0.39 is 0 Å². The molecule has 13 heavy (non-hydrogen) atoms. The molecule has 0 aromatic heterocycles. The fourth-order valence-electron chi connectivity index (χ4n) is 1.53. The van der Waals surface area contributed by atoms with E-state index in [4.69, 9.17) is 0 Å². The Hall–Kier alpha value is -1.04. The van der Waals surface area contributed by atoms with Crippen molar-refractivity contribution in [2.24, 2.45) is 0 Å². The predicted octanol–water partition coefficient (Wildman–Crippen LogP) is 4.06. The fraction of sp³-hybridized carbons (Fsp3) is 0.385. The molecule has 0 aliphatic rings. The van der Waals surface area contributed by atoms with Crippen LogP contribution in [0.15, 0.2) is 36.4 Å². The molecule has 70 valence electrons. The first-order valence-corrected chi connectivity index (χ1v) is 4.97. The van der Waals surface area contributed by atoms with Gasteiger partial charge in [0.05, 0.1) is 0 Å². The van der Waals surface area contributed by atoms with Crippen molar-refractivity contribution in [3.05, 3.63) is 47.5 Å². The van der Waals surface area contributed by atoms with Crippen LogP contribution in [-0.2, 0) is 0 Å². The Labute approximate surface area is 81.3 Å². The Bertz CT molecular complexity index is 267. The van der Waals surface area contributed by atoms with Crippen LogP contribution >= 0.6 is 0 Å². The van der Waals surface area contributed by atoms with Crippen molar-refractivity contribution < 1.29 is 0 Å². The SMILES string of the molecule is C/C=C\C(CC)c1ccc(C)cc1. The van der Waals surface area contributed by atoms with Gasteiger partial charge < -0.3 is 0 Å². The summed E-state index contributed by atoms with van der Waals surface area (Å²) < 4.78 is 0. The minimum absolute atomic E-state index is 0.589. The first kappa shape index (κ1) is 10.0. The zero-order chi connectivity index (χ0) is 9.68. The average molecular weight is 174 g/mol. The van der Waals surface area contributed by atoms with E-state index in [9.17, 15) is 0 Å². The molecular weight excluding hydrogens is 156 g/mol. The minimum Gasteiger partial charge on any atom is -0.0910 e. The van der Waals surface area contributed by atoms with E-state index in [1.807, 2.05) is 0 Å². The first-order chi connectivity index (χ1) is 6.27. The molecule has 0 amide bonds. The van der Waals surface area contributed by atoms with E-state index in [2.05, 4.69) is 57.2 Å². The maximum Gasteiger partial charge on any atom is 0.00152 e. The summed E-state index contributed by atoms with van der Waals surface area (Å²) >= 11 is 0. The monoisotopic (exact) mass is 174 g/mol. The second-order valence-electron chi connectivity index (χ2n) is 3.45. The van der Waals surface area contributed by atoms with Gasteiger partial charge in [-0.1, -0.05) is 48.9 Å². The topological polar surface area (TPSA) is 0 Å². The van der Waals surface area contributed by atoms with Crippen LogP contribution in [0.3, 0.4) is 0 Å². The van der Waals surface area contributed by atoms with Gasteiger partial charge in [0, 0.05) is 5.92 Å². The highest BCUT2D eigenvalue weighted by atomic mass is 14.1. The smallest absolute Gasteiger partial charge is 0.00152 e. The van der Waals surface area contributed by atoms with Crippen LogP contribution in [0.4, 0.5) is 0 Å². The fourth-order valence-corrected chi connectivity index (χ4v) is 1.53. The Morgan fingerprint density at radius 3 is 2.31 bits per heavy atom. The van der Waals surface area contributed by atoms with Crippen molar-refractivity contribution in [3.8, 4) is 0 Å². The second kappa shape index (κ2) is 4.86. The average Bonchev–Trinajstić information content (AvgIpc) is 2.16. The molecule has 0 saturated heterocycles. The van der Waals surface area contributed by atoms with Crippen molar-refractivity contribution >= 4 is 0 Å². The summed E-state index contributed by atoms with van der Waals surface area (Å²) in [6.45, 7) is 6.43. The lowest BCUT2D eigenvalue weighted by Crippen LogP contribution is -1.92. The van der Waals surface area contributed by atoms with Crippen LogP contribution in [0.2, 0.25) is 0 Å². The molecule has 1 atom stereocenters. The zero-order valence-electron chi connectivity index (χ0n) is 8.75. The highest BCUT2D eigenvalue weighted by Crippen LogP contribution is 2.20. The van der Waals surface area contributed by atoms with Gasteiger partial charge in [-0.15, -0.1) is 0 Å². The summed E-state index contributed by atoms with van der Waals surface area (Å²) in [6.07, 6.45) is 5.58. The van der Waals surface area contributed by atoms with E-state index in [0.29, 0.717) is 5.92 Å². The molecular formula is C13H18. The van der Waals surface area contributed by atoms with Crippen molar-refractivity contribution in [2.75, 3.05) is 0 Å². The van der Waals surface area contributed by atoms with Gasteiger partial charge in [-0.25, -0.2) is 0 Å². The lowest BCUT2D eigenvalue weighted by molar-refractivity contribution is 0.804. The maximum absolute atomic E-state index is 2.27. The van der Waals surface area contributed by atoms with E-state index in [-0.39, 0.29) is 0 Å². The lowest BCUT2D eigenvalue weighted by atomic mass is 9.95. The Kier molecular flexibility index (Phi) is 3.75. The van der Waals surface area contributed by atoms with Gasteiger partial charge >= 0.3 is 0 Å². The van der Waals surface area contributed by atoms with Crippen molar-refractivity contribution in [2.45, 2.75) is 33.1 Å². The number of hydrogen-bond donors (Lipinski definition) is 0. The van der Waals surface area contributed by atoms with E-state index in [0.717, 1.165) is 0 Å². The number of allylic oxidation sites excluding steroid dienone is 2. The molecule has 0 aliphatic carbocycles. The Morgan fingerprint density at radius 1 is 1.23 bits per heavy atom. The largest absolute Gasteiger partial charge is 0.0910 e. The van der Waals surface area contributed by atoms with Crippen molar-refractivity contribution in [1.29, 1.82) is 0 Å². The van der Waals surface area contributed by atoms with Gasteiger partial charge in [0.15, 0.2) is 0 Å². The Morgan fingerprint density at radius 2 is 1.85 bits per heavy atom. The molecule has 1 rings (SSSR count). The zero-order valence-corrected chi connectivity index (χ0v) is 8.75. The van der Waals surface area contributed by atoms with Crippen LogP contribution in [0.25, 0.3) is 0 Å². The first-order valence-electron chi connectivity index (χ1n) is 4.97. The standard InChI is InChI=1S/C13H18/c1-4-6-12(5-2)13-9-7-11(3)8-10-13/h4,6-10,12H,5H2,1-3H3/b6-4-. The third kappa shape index (κ3) is 2.73. The minimum atomic E-state index is 0.589. The predicted molar refractivity (Wildman–Crippen MR) is 59.0 cm³/mol. The summed E-state index contributed by atoms with van der Waals surface area (Å²) in [5, 5.41) is 0. The summed E-state index contributed by atoms with van der Waals surface area (Å²) in [7, 11) is 0. The van der Waals surface area contributed by atoms with Gasteiger partial charge in [0.25, 0.3) is 0 Å². The highest BCUT2D eigenvalue weighted by Gasteiger charge is 2.03. The van der Waals surface area contributed by atoms with Crippen LogP contribution in [-0.4, -0.2) is 0 Å². The van der Waals surface area contributed by atoms with Crippen molar-refractivity contribution in [1.82, 2.24) is 0 Å². The van der Waals surface area contributed by atoms with Gasteiger partial charge in [0.2, 0.25) is 0 Å². The molecule has 0 fully saturated rings. The number of aryl methyl sites for hydroxylation is 1. The van der Waals surface area contributed by atoms with Gasteiger partial charge in [0.1, 0.15) is 0 Å². The summed E-state index contributed by atoms with van der Waals surface area (Å²) in [6, 6.07) is 8.82. The second-order valence-corrected chi connectivity index (χ2v) is 3.45. The van der Waals surface area contributed by atoms with E-state index in [1.165, 1.54) is 17.5 Å². The third-order valence-electron chi connectivity index (χ3n) is 2.37. The summed E-state index contributed by atoms with van der Waals surface area (Å²) in [5.41, 5.74) is 2.75. The van der Waals surface area contributed by atoms with Crippen LogP contribution in [0.1, 0.15) is 37.3 Å². The summed E-state index contributed by atoms with van der Waals surface area (Å²) in [4.78, 5) is 0. The molecule has 0 nitrogen and oxygen atoms in total. The molecule has 0 N–H and O–H groups in total. The molecule has 0 aliphatic heterocycles. The van der Waals surface area contributed by atoms with Crippen LogP contribution in [0.5, 0.6) is 0 Å². The molecule has 1 aromatic rings. The lowest BCUT2D eigenvalue weighted by Gasteiger charge is -2.10. The molecule has 0 saturated carbocycles. The van der Waals surface area contributed by atoms with E-state index >= 15 is 0 Å². The molecule has 1 aromatic carbocycles.